The Kier molecular flexibility index (Phi) is 2.57. The Balaban J connectivity index is 2.64. The number of aromatic nitrogens is 2. The molecule has 0 saturated heterocycles. The van der Waals surface area contributed by atoms with Gasteiger partial charge in [0.25, 0.3) is 16.8 Å². The second-order valence-corrected chi connectivity index (χ2v) is 3.31. The molecule has 1 heterocycles. The summed E-state index contributed by atoms with van der Waals surface area (Å²) in [6, 6.07) is 6.62. The number of nitro benzene ring substituents is 1. The molecular weight excluding hydrogens is 226 g/mol. The molecule has 7 nitrogen and oxygen atoms in total. The number of non-ortho nitro benzene ring substituents is 1. The molecule has 0 atom stereocenters. The Morgan fingerprint density at radius 3 is 2.59 bits per heavy atom. The summed E-state index contributed by atoms with van der Waals surface area (Å²) in [6.45, 7) is 0. The Labute approximate surface area is 93.9 Å². The fourth-order valence-electron chi connectivity index (χ4n) is 1.42. The zero-order valence-corrected chi connectivity index (χ0v) is 8.47. The Hall–Kier alpha value is -2.70. The lowest BCUT2D eigenvalue weighted by atomic mass is 10.1. The second-order valence-electron chi connectivity index (χ2n) is 3.31. The monoisotopic (exact) mass is 233 g/mol. The van der Waals surface area contributed by atoms with E-state index in [4.69, 9.17) is 0 Å². The smallest absolute Gasteiger partial charge is 0.268 e. The highest BCUT2D eigenvalue weighted by Crippen LogP contribution is 2.19. The summed E-state index contributed by atoms with van der Waals surface area (Å²) in [4.78, 5) is 32.6. The highest BCUT2D eigenvalue weighted by atomic mass is 16.6. The normalized spacial score (nSPS) is 10.1. The van der Waals surface area contributed by atoms with Crippen molar-refractivity contribution in [1.82, 2.24) is 10.2 Å². The molecule has 1 aromatic carbocycles. The van der Waals surface area contributed by atoms with Gasteiger partial charge in [-0.1, -0.05) is 12.1 Å². The van der Waals surface area contributed by atoms with Gasteiger partial charge in [0, 0.05) is 18.2 Å². The molecule has 0 fully saturated rings. The second kappa shape index (κ2) is 4.05. The Morgan fingerprint density at radius 1 is 1.12 bits per heavy atom. The third-order valence-electron chi connectivity index (χ3n) is 2.19. The first kappa shape index (κ1) is 10.8. The molecule has 2 rings (SSSR count). The summed E-state index contributed by atoms with van der Waals surface area (Å²) >= 11 is 0. The number of nitrogens with one attached hydrogen (secondary N) is 2. The van der Waals surface area contributed by atoms with Crippen molar-refractivity contribution in [3.05, 3.63) is 61.2 Å². The van der Waals surface area contributed by atoms with E-state index in [0.29, 0.717) is 5.56 Å². The van der Waals surface area contributed by atoms with Gasteiger partial charge in [-0.2, -0.15) is 0 Å². The van der Waals surface area contributed by atoms with E-state index in [1.807, 2.05) is 0 Å². The molecule has 2 N–H and O–H groups in total. The minimum Gasteiger partial charge on any atom is -0.268 e. The number of aromatic amines is 2. The van der Waals surface area contributed by atoms with Gasteiger partial charge in [0.05, 0.1) is 10.5 Å². The predicted molar refractivity (Wildman–Crippen MR) is 59.8 cm³/mol. The van der Waals surface area contributed by atoms with Crippen LogP contribution >= 0.6 is 0 Å². The van der Waals surface area contributed by atoms with Crippen molar-refractivity contribution in [3.8, 4) is 11.1 Å². The zero-order chi connectivity index (χ0) is 12.4. The lowest BCUT2D eigenvalue weighted by Gasteiger charge is -1.99. The molecule has 0 radical (unpaired) electrons. The van der Waals surface area contributed by atoms with E-state index in [0.717, 1.165) is 6.07 Å². The van der Waals surface area contributed by atoms with Gasteiger partial charge in [-0.05, 0) is 5.56 Å². The van der Waals surface area contributed by atoms with E-state index in [1.54, 1.807) is 0 Å². The van der Waals surface area contributed by atoms with Crippen LogP contribution in [0.3, 0.4) is 0 Å². The van der Waals surface area contributed by atoms with Gasteiger partial charge < -0.3 is 0 Å². The van der Waals surface area contributed by atoms with Crippen molar-refractivity contribution in [3.63, 3.8) is 0 Å². The minimum atomic E-state index is -0.565. The third kappa shape index (κ3) is 2.12. The molecule has 0 aliphatic carbocycles. The Morgan fingerprint density at radius 2 is 1.88 bits per heavy atom. The molecule has 0 saturated carbocycles. The van der Waals surface area contributed by atoms with E-state index in [1.165, 1.54) is 24.3 Å². The highest BCUT2D eigenvalue weighted by Gasteiger charge is 2.09. The van der Waals surface area contributed by atoms with Crippen LogP contribution in [0.1, 0.15) is 0 Å². The molecule has 2 aromatic rings. The van der Waals surface area contributed by atoms with Crippen molar-refractivity contribution in [2.24, 2.45) is 0 Å². The number of rotatable bonds is 2. The van der Waals surface area contributed by atoms with Crippen LogP contribution in [0.2, 0.25) is 0 Å². The maximum Gasteiger partial charge on any atom is 0.270 e. The van der Waals surface area contributed by atoms with Crippen LogP contribution in [-0.4, -0.2) is 15.1 Å². The average molecular weight is 233 g/mol. The average Bonchev–Trinajstić information content (AvgIpc) is 2.32. The quantitative estimate of drug-likeness (QED) is 0.585. The maximum atomic E-state index is 11.5. The first-order valence-electron chi connectivity index (χ1n) is 4.65. The molecule has 7 heteroatoms. The van der Waals surface area contributed by atoms with Gasteiger partial charge in [-0.15, -0.1) is 0 Å². The molecule has 0 spiro atoms. The van der Waals surface area contributed by atoms with Gasteiger partial charge in [-0.3, -0.25) is 29.9 Å². The SMILES string of the molecule is O=c1cc(-c2cccc([N+](=O)[O-])c2)c(=O)[nH][nH]1. The van der Waals surface area contributed by atoms with Crippen LogP contribution in [0, 0.1) is 10.1 Å². The van der Waals surface area contributed by atoms with E-state index in [-0.39, 0.29) is 11.3 Å². The molecule has 1 aromatic heterocycles. The number of hydrogen-bond donors (Lipinski definition) is 2. The van der Waals surface area contributed by atoms with Crippen LogP contribution in [-0.2, 0) is 0 Å². The maximum absolute atomic E-state index is 11.5. The lowest BCUT2D eigenvalue weighted by Crippen LogP contribution is -2.19. The standard InChI is InChI=1S/C10H7N3O4/c14-9-5-8(10(15)12-11-9)6-2-1-3-7(4-6)13(16)17/h1-5H,(H,11,14)(H,12,15). The fourth-order valence-corrected chi connectivity index (χ4v) is 1.42. The molecule has 0 aliphatic heterocycles. The van der Waals surface area contributed by atoms with Crippen LogP contribution in [0.4, 0.5) is 5.69 Å². The molecule has 0 bridgehead atoms. The Bertz CT molecular complexity index is 686. The van der Waals surface area contributed by atoms with Gasteiger partial charge >= 0.3 is 0 Å². The third-order valence-corrected chi connectivity index (χ3v) is 2.19. The number of H-pyrrole nitrogens is 2. The van der Waals surface area contributed by atoms with Crippen molar-refractivity contribution < 1.29 is 4.92 Å². The molecular formula is C10H7N3O4. The van der Waals surface area contributed by atoms with E-state index in [2.05, 4.69) is 10.2 Å². The molecule has 0 amide bonds. The van der Waals surface area contributed by atoms with Crippen LogP contribution < -0.4 is 11.1 Å². The van der Waals surface area contributed by atoms with Crippen LogP contribution in [0.5, 0.6) is 0 Å². The number of hydrogen-bond acceptors (Lipinski definition) is 4. The van der Waals surface area contributed by atoms with Crippen LogP contribution in [0.25, 0.3) is 11.1 Å². The first-order valence-corrected chi connectivity index (χ1v) is 4.65. The summed E-state index contributed by atoms with van der Waals surface area (Å²) < 4.78 is 0. The van der Waals surface area contributed by atoms with Crippen molar-refractivity contribution >= 4 is 5.69 Å². The van der Waals surface area contributed by atoms with Gasteiger partial charge in [-0.25, -0.2) is 0 Å². The highest BCUT2D eigenvalue weighted by molar-refractivity contribution is 5.64. The van der Waals surface area contributed by atoms with Gasteiger partial charge in [0.2, 0.25) is 0 Å². The van der Waals surface area contributed by atoms with Crippen molar-refractivity contribution in [2.75, 3.05) is 0 Å². The molecule has 0 unspecified atom stereocenters. The number of benzene rings is 1. The number of nitrogens with zero attached hydrogens (tertiary/aromatic N) is 1. The van der Waals surface area contributed by atoms with Crippen LogP contribution in [0.15, 0.2) is 39.9 Å². The van der Waals surface area contributed by atoms with Gasteiger partial charge in [0.15, 0.2) is 0 Å². The topological polar surface area (TPSA) is 109 Å². The zero-order valence-electron chi connectivity index (χ0n) is 8.47. The molecule has 17 heavy (non-hydrogen) atoms. The number of nitro groups is 1. The summed E-state index contributed by atoms with van der Waals surface area (Å²) in [5.41, 5.74) is -0.706. The largest absolute Gasteiger partial charge is 0.270 e. The molecule has 0 aliphatic rings. The van der Waals surface area contributed by atoms with E-state index < -0.39 is 16.0 Å². The van der Waals surface area contributed by atoms with E-state index >= 15 is 0 Å². The summed E-state index contributed by atoms with van der Waals surface area (Å²) in [5.74, 6) is 0. The summed E-state index contributed by atoms with van der Waals surface area (Å²) in [5, 5.41) is 14.9. The van der Waals surface area contributed by atoms with Crippen molar-refractivity contribution in [1.29, 1.82) is 0 Å². The molecule has 86 valence electrons. The van der Waals surface area contributed by atoms with Gasteiger partial charge in [0.1, 0.15) is 0 Å². The predicted octanol–water partition coefficient (Wildman–Crippen LogP) is 0.638. The lowest BCUT2D eigenvalue weighted by molar-refractivity contribution is -0.384. The summed E-state index contributed by atoms with van der Waals surface area (Å²) in [7, 11) is 0. The fraction of sp³-hybridized carbons (Fsp3) is 0. The van der Waals surface area contributed by atoms with Crippen molar-refractivity contribution in [2.45, 2.75) is 0 Å². The van der Waals surface area contributed by atoms with E-state index in [9.17, 15) is 19.7 Å². The summed E-state index contributed by atoms with van der Waals surface area (Å²) in [6.07, 6.45) is 0. The first-order chi connectivity index (χ1) is 8.08. The minimum absolute atomic E-state index is 0.0949.